The molecule has 0 saturated heterocycles. The summed E-state index contributed by atoms with van der Waals surface area (Å²) in [5.74, 6) is 0.247. The van der Waals surface area contributed by atoms with Gasteiger partial charge in [0.15, 0.2) is 5.78 Å². The highest BCUT2D eigenvalue weighted by molar-refractivity contribution is 5.87. The molecule has 0 N–H and O–H groups in total. The van der Waals surface area contributed by atoms with E-state index < -0.39 is 18.2 Å². The van der Waals surface area contributed by atoms with Gasteiger partial charge in [-0.2, -0.15) is 13.2 Å². The molecule has 5 heteroatoms. The Morgan fingerprint density at radius 2 is 2.11 bits per heavy atom. The van der Waals surface area contributed by atoms with Crippen LogP contribution in [0.25, 0.3) is 0 Å². The summed E-state index contributed by atoms with van der Waals surface area (Å²) in [5.41, 5.74) is -0.821. The number of hydrogen-bond acceptors (Lipinski definition) is 2. The smallest absolute Gasteiger partial charge is 0.367 e. The molecule has 112 valence electrons. The van der Waals surface area contributed by atoms with Crippen molar-refractivity contribution in [3.05, 3.63) is 0 Å². The van der Waals surface area contributed by atoms with E-state index in [4.69, 9.17) is 4.74 Å². The molecular formula is C14H23F3O2. The highest BCUT2D eigenvalue weighted by Gasteiger charge is 2.42. The van der Waals surface area contributed by atoms with Crippen molar-refractivity contribution in [2.45, 2.75) is 70.6 Å². The molecule has 0 spiro atoms. The molecule has 1 rings (SSSR count). The number of Topliss-reactive ketones (excluding diaryl/α,β-unsaturated/α-hetero) is 1. The maximum Gasteiger partial charge on any atom is 0.389 e. The van der Waals surface area contributed by atoms with Crippen molar-refractivity contribution in [1.82, 2.24) is 0 Å². The Labute approximate surface area is 112 Å². The second kappa shape index (κ2) is 6.73. The van der Waals surface area contributed by atoms with E-state index in [1.165, 1.54) is 0 Å². The zero-order chi connectivity index (χ0) is 14.5. The molecule has 0 radical (unpaired) electrons. The topological polar surface area (TPSA) is 26.3 Å². The molecule has 2 unspecified atom stereocenters. The quantitative estimate of drug-likeness (QED) is 0.726. The van der Waals surface area contributed by atoms with E-state index in [1.54, 1.807) is 0 Å². The predicted molar refractivity (Wildman–Crippen MR) is 66.9 cm³/mol. The monoisotopic (exact) mass is 280 g/mol. The maximum atomic E-state index is 12.2. The average molecular weight is 280 g/mol. The average Bonchev–Trinajstić information content (AvgIpc) is 2.27. The van der Waals surface area contributed by atoms with Crippen molar-refractivity contribution in [2.24, 2.45) is 5.92 Å². The summed E-state index contributed by atoms with van der Waals surface area (Å²) in [6.45, 7) is 4.32. The largest absolute Gasteiger partial charge is 0.389 e. The first-order chi connectivity index (χ1) is 8.79. The fourth-order valence-electron chi connectivity index (χ4n) is 2.92. The van der Waals surface area contributed by atoms with Crippen LogP contribution in [0.5, 0.6) is 0 Å². The SMILES string of the molecule is CCOC1(C(=O)CCCC(F)(F)F)CCCC(C)C1. The van der Waals surface area contributed by atoms with Crippen LogP contribution in [0, 0.1) is 5.92 Å². The standard InChI is InChI=1S/C14H23F3O2/c1-3-19-13(8-4-6-11(2)10-13)12(18)7-5-9-14(15,16)17/h11H,3-10H2,1-2H3. The van der Waals surface area contributed by atoms with Gasteiger partial charge in [0.2, 0.25) is 0 Å². The fourth-order valence-corrected chi connectivity index (χ4v) is 2.92. The van der Waals surface area contributed by atoms with Gasteiger partial charge in [0.1, 0.15) is 5.60 Å². The Bertz CT molecular complexity index is 298. The summed E-state index contributed by atoms with van der Waals surface area (Å²) < 4.78 is 42.0. The van der Waals surface area contributed by atoms with E-state index in [0.29, 0.717) is 25.4 Å². The van der Waals surface area contributed by atoms with Gasteiger partial charge in [0, 0.05) is 19.4 Å². The number of alkyl halides is 3. The van der Waals surface area contributed by atoms with Gasteiger partial charge >= 0.3 is 6.18 Å². The van der Waals surface area contributed by atoms with E-state index in [0.717, 1.165) is 12.8 Å². The summed E-state index contributed by atoms with van der Waals surface area (Å²) in [5, 5.41) is 0. The number of carbonyl (C=O) groups is 1. The molecule has 0 aromatic carbocycles. The van der Waals surface area contributed by atoms with E-state index in [2.05, 4.69) is 6.92 Å². The Kier molecular flexibility index (Phi) is 5.83. The minimum atomic E-state index is -4.18. The van der Waals surface area contributed by atoms with E-state index >= 15 is 0 Å². The van der Waals surface area contributed by atoms with Gasteiger partial charge < -0.3 is 4.74 Å². The van der Waals surface area contributed by atoms with Crippen LogP contribution in [0.1, 0.15) is 58.8 Å². The lowest BCUT2D eigenvalue weighted by molar-refractivity contribution is -0.154. The highest BCUT2D eigenvalue weighted by Crippen LogP contribution is 2.37. The Morgan fingerprint density at radius 3 is 2.63 bits per heavy atom. The summed E-state index contributed by atoms with van der Waals surface area (Å²) in [6, 6.07) is 0. The second-order valence-corrected chi connectivity index (χ2v) is 5.52. The van der Waals surface area contributed by atoms with E-state index in [1.807, 2.05) is 6.92 Å². The van der Waals surface area contributed by atoms with Crippen LogP contribution in [0.15, 0.2) is 0 Å². The molecule has 1 saturated carbocycles. The van der Waals surface area contributed by atoms with Crippen molar-refractivity contribution in [2.75, 3.05) is 6.61 Å². The van der Waals surface area contributed by atoms with Gasteiger partial charge in [-0.15, -0.1) is 0 Å². The third-order valence-electron chi connectivity index (χ3n) is 3.75. The zero-order valence-corrected chi connectivity index (χ0v) is 11.7. The van der Waals surface area contributed by atoms with Crippen LogP contribution in [-0.2, 0) is 9.53 Å². The maximum absolute atomic E-state index is 12.2. The Morgan fingerprint density at radius 1 is 1.42 bits per heavy atom. The lowest BCUT2D eigenvalue weighted by Gasteiger charge is -2.38. The molecule has 1 fully saturated rings. The van der Waals surface area contributed by atoms with Crippen molar-refractivity contribution >= 4 is 5.78 Å². The molecule has 1 aliphatic rings. The normalized spacial score (nSPS) is 28.4. The predicted octanol–water partition coefficient (Wildman–Crippen LogP) is 4.27. The van der Waals surface area contributed by atoms with Gasteiger partial charge in [0.05, 0.1) is 0 Å². The van der Waals surface area contributed by atoms with Crippen molar-refractivity contribution < 1.29 is 22.7 Å². The number of rotatable bonds is 6. The molecule has 19 heavy (non-hydrogen) atoms. The van der Waals surface area contributed by atoms with Gasteiger partial charge in [-0.25, -0.2) is 0 Å². The molecule has 0 aromatic heterocycles. The number of ketones is 1. The summed E-state index contributed by atoms with van der Waals surface area (Å²) in [4.78, 5) is 12.2. The number of hydrogen-bond donors (Lipinski definition) is 0. The van der Waals surface area contributed by atoms with Crippen molar-refractivity contribution in [1.29, 1.82) is 0 Å². The number of ether oxygens (including phenoxy) is 1. The molecule has 2 nitrogen and oxygen atoms in total. The first-order valence-corrected chi connectivity index (χ1v) is 7.03. The third kappa shape index (κ3) is 5.13. The van der Waals surface area contributed by atoms with Crippen LogP contribution in [-0.4, -0.2) is 24.2 Å². The second-order valence-electron chi connectivity index (χ2n) is 5.52. The molecule has 0 aliphatic heterocycles. The summed E-state index contributed by atoms with van der Waals surface area (Å²) in [7, 11) is 0. The highest BCUT2D eigenvalue weighted by atomic mass is 19.4. The number of carbonyl (C=O) groups excluding carboxylic acids is 1. The zero-order valence-electron chi connectivity index (χ0n) is 11.7. The van der Waals surface area contributed by atoms with E-state index in [-0.39, 0.29) is 18.6 Å². The van der Waals surface area contributed by atoms with Crippen LogP contribution >= 0.6 is 0 Å². The van der Waals surface area contributed by atoms with Crippen LogP contribution in [0.3, 0.4) is 0 Å². The Hall–Kier alpha value is -0.580. The fraction of sp³-hybridized carbons (Fsp3) is 0.929. The third-order valence-corrected chi connectivity index (χ3v) is 3.75. The van der Waals surface area contributed by atoms with Gasteiger partial charge in [0.25, 0.3) is 0 Å². The lowest BCUT2D eigenvalue weighted by atomic mass is 9.75. The van der Waals surface area contributed by atoms with Crippen molar-refractivity contribution in [3.63, 3.8) is 0 Å². The number of halogens is 3. The molecule has 2 atom stereocenters. The molecule has 0 aromatic rings. The minimum absolute atomic E-state index is 0.0355. The van der Waals surface area contributed by atoms with Crippen molar-refractivity contribution in [3.8, 4) is 0 Å². The molecule has 0 bridgehead atoms. The molecule has 0 heterocycles. The van der Waals surface area contributed by atoms with Gasteiger partial charge in [-0.3, -0.25) is 4.79 Å². The summed E-state index contributed by atoms with van der Waals surface area (Å²) >= 11 is 0. The first kappa shape index (κ1) is 16.5. The Balaban J connectivity index is 2.57. The van der Waals surface area contributed by atoms with Crippen LogP contribution in [0.4, 0.5) is 13.2 Å². The first-order valence-electron chi connectivity index (χ1n) is 7.03. The molecular weight excluding hydrogens is 257 g/mol. The molecule has 1 aliphatic carbocycles. The lowest BCUT2D eigenvalue weighted by Crippen LogP contribution is -2.45. The van der Waals surface area contributed by atoms with Gasteiger partial charge in [-0.1, -0.05) is 13.3 Å². The van der Waals surface area contributed by atoms with Crippen LogP contribution in [0.2, 0.25) is 0 Å². The summed E-state index contributed by atoms with van der Waals surface area (Å²) in [6.07, 6.45) is -1.98. The van der Waals surface area contributed by atoms with Gasteiger partial charge in [-0.05, 0) is 38.5 Å². The van der Waals surface area contributed by atoms with Crippen LogP contribution < -0.4 is 0 Å². The van der Waals surface area contributed by atoms with E-state index in [9.17, 15) is 18.0 Å². The minimum Gasteiger partial charge on any atom is -0.367 e. The molecule has 0 amide bonds.